The fraction of sp³-hybridized carbons (Fsp3) is 0.167. The number of pyridine rings is 2. The Balaban J connectivity index is 0.00000321. The Bertz CT molecular complexity index is 3180. The van der Waals surface area contributed by atoms with Crippen LogP contribution in [-0.4, -0.2) is 24.5 Å². The van der Waals surface area contributed by atoms with Crippen LogP contribution >= 0.6 is 0 Å². The Kier molecular flexibility index (Phi) is 15.2. The first-order valence-corrected chi connectivity index (χ1v) is 22.8. The van der Waals surface area contributed by atoms with Crippen LogP contribution in [0.25, 0.3) is 72.5 Å². The first-order chi connectivity index (χ1) is 32.6. The fourth-order valence-corrected chi connectivity index (χ4v) is 8.70. The van der Waals surface area contributed by atoms with Gasteiger partial charge < -0.3 is 24.0 Å². The molecular weight excluding hydrogens is 1210 g/mol. The zero-order valence-corrected chi connectivity index (χ0v) is 43.7. The second-order valence-electron chi connectivity index (χ2n) is 18.0. The van der Waals surface area contributed by atoms with Crippen molar-refractivity contribution >= 4 is 21.8 Å². The van der Waals surface area contributed by atoms with Crippen molar-refractivity contribution in [3.8, 4) is 73.7 Å². The summed E-state index contributed by atoms with van der Waals surface area (Å²) in [5.41, 5.74) is 14.3. The van der Waals surface area contributed by atoms with Crippen LogP contribution in [-0.2, 0) is 55.0 Å². The van der Waals surface area contributed by atoms with E-state index >= 15 is 0 Å². The second-order valence-corrected chi connectivity index (χ2v) is 18.0. The molecule has 7 nitrogen and oxygen atoms in total. The third-order valence-corrected chi connectivity index (χ3v) is 11.9. The van der Waals surface area contributed by atoms with Gasteiger partial charge in [-0.05, 0) is 89.4 Å². The molecule has 0 saturated heterocycles. The summed E-state index contributed by atoms with van der Waals surface area (Å²) in [5.74, 6) is 3.83. The van der Waals surface area contributed by atoms with Crippen LogP contribution in [0.15, 0.2) is 152 Å². The topological polar surface area (TPSA) is 75.0 Å². The Morgan fingerprint density at radius 3 is 1.30 bits per heavy atom. The monoisotopic (exact) mass is 1260 g/mol. The minimum atomic E-state index is 0. The molecule has 4 aromatic heterocycles. The predicted molar refractivity (Wildman–Crippen MR) is 269 cm³/mol. The molecule has 0 saturated carbocycles. The van der Waals surface area contributed by atoms with E-state index < -0.39 is 0 Å². The van der Waals surface area contributed by atoms with E-state index in [0.717, 1.165) is 90.5 Å². The van der Waals surface area contributed by atoms with Gasteiger partial charge in [-0.3, -0.25) is 0 Å². The van der Waals surface area contributed by atoms with Gasteiger partial charge in [-0.1, -0.05) is 112 Å². The number of benzene rings is 6. The Morgan fingerprint density at radius 2 is 0.899 bits per heavy atom. The number of nitrogens with zero attached hydrogens (tertiary/aromatic N) is 5. The van der Waals surface area contributed by atoms with Gasteiger partial charge in [0.2, 0.25) is 5.95 Å². The first-order valence-electron chi connectivity index (χ1n) is 22.8. The van der Waals surface area contributed by atoms with Crippen LogP contribution in [0.1, 0.15) is 49.9 Å². The average Bonchev–Trinajstić information content (AvgIpc) is 3.65. The summed E-state index contributed by atoms with van der Waals surface area (Å²) in [6.07, 6.45) is 9.47. The van der Waals surface area contributed by atoms with Crippen LogP contribution in [0, 0.1) is 49.9 Å². The first kappa shape index (κ1) is 48.9. The Labute approximate surface area is 433 Å². The molecule has 6 aromatic carbocycles. The third kappa shape index (κ3) is 10.9. The van der Waals surface area contributed by atoms with Crippen molar-refractivity contribution in [2.24, 2.45) is 11.8 Å². The zero-order chi connectivity index (χ0) is 46.0. The molecule has 0 aliphatic rings. The van der Waals surface area contributed by atoms with E-state index in [1.165, 1.54) is 11.1 Å². The van der Waals surface area contributed by atoms with Crippen LogP contribution in [0.4, 0.5) is 0 Å². The van der Waals surface area contributed by atoms with Crippen molar-refractivity contribution in [1.82, 2.24) is 24.5 Å². The van der Waals surface area contributed by atoms with Crippen LogP contribution in [0.3, 0.4) is 0 Å². The quantitative estimate of drug-likeness (QED) is 0.107. The predicted octanol–water partition coefficient (Wildman–Crippen LogP) is 14.8. The van der Waals surface area contributed by atoms with Gasteiger partial charge >= 0.3 is 42.1 Å². The Hall–Kier alpha value is -6.52. The van der Waals surface area contributed by atoms with Crippen molar-refractivity contribution in [2.45, 2.75) is 54.4 Å². The molecule has 0 spiro atoms. The maximum Gasteiger partial charge on any atom is 2.00 e. The van der Waals surface area contributed by atoms with E-state index in [0.29, 0.717) is 40.8 Å². The zero-order valence-electron chi connectivity index (χ0n) is 39.2. The summed E-state index contributed by atoms with van der Waals surface area (Å²) in [7, 11) is 0. The van der Waals surface area contributed by atoms with Gasteiger partial charge in [0.25, 0.3) is 0 Å². The molecular formula is C60H49N5O2Pt2. The minimum absolute atomic E-state index is 0. The van der Waals surface area contributed by atoms with Gasteiger partial charge in [0, 0.05) is 58.9 Å². The summed E-state index contributed by atoms with van der Waals surface area (Å²) in [5, 5.41) is 1.88. The summed E-state index contributed by atoms with van der Waals surface area (Å²) in [6, 6.07) is 57.1. The standard InChI is InChI=1S/C60H49N5O2.2Pt/c1-38(2)28-42-14-18-44(19-15-42)54-36-63-56(30-40(54)5)46-10-7-12-48(32-46)66-50-22-24-52-53-25-23-51(35-59(53)65(58(52)34-50)60-61-26-9-27-62-60)67-49-13-8-11-47(33-49)57-31-41(6)55(37-64-57)45-20-16-43(17-21-45)29-39(3)4;;/h7-27,30-31,36-39H,28-29H2,1-6H3;;/q-4;2*+2. The number of rotatable bonds is 13. The van der Waals surface area contributed by atoms with Gasteiger partial charge in [0.05, 0.1) is 0 Å². The molecule has 0 bridgehead atoms. The number of aromatic nitrogens is 5. The second kappa shape index (κ2) is 21.4. The third-order valence-electron chi connectivity index (χ3n) is 11.9. The molecule has 0 fully saturated rings. The molecule has 69 heavy (non-hydrogen) atoms. The van der Waals surface area contributed by atoms with Gasteiger partial charge in [0.1, 0.15) is 0 Å². The molecule has 10 rings (SSSR count). The summed E-state index contributed by atoms with van der Waals surface area (Å²) in [4.78, 5) is 19.0. The van der Waals surface area contributed by atoms with Gasteiger partial charge in [-0.25, -0.2) is 9.97 Å². The summed E-state index contributed by atoms with van der Waals surface area (Å²) < 4.78 is 14.9. The number of hydrogen-bond donors (Lipinski definition) is 0. The molecule has 0 N–H and O–H groups in total. The number of aryl methyl sites for hydroxylation is 2. The number of ether oxygens (including phenoxy) is 2. The van der Waals surface area contributed by atoms with Gasteiger partial charge in [-0.15, -0.1) is 71.8 Å². The van der Waals surface area contributed by atoms with Gasteiger partial charge in [0.15, 0.2) is 0 Å². The van der Waals surface area contributed by atoms with E-state index in [1.807, 2.05) is 77.6 Å². The van der Waals surface area contributed by atoms with Crippen LogP contribution in [0.5, 0.6) is 23.0 Å². The van der Waals surface area contributed by atoms with E-state index in [1.54, 1.807) is 18.5 Å². The number of fused-ring (bicyclic) bond motifs is 3. The van der Waals surface area contributed by atoms with Crippen molar-refractivity contribution in [2.75, 3.05) is 0 Å². The fourth-order valence-electron chi connectivity index (χ4n) is 8.70. The van der Waals surface area contributed by atoms with E-state index in [4.69, 9.17) is 19.4 Å². The summed E-state index contributed by atoms with van der Waals surface area (Å²) >= 11 is 0. The average molecular weight is 1260 g/mol. The van der Waals surface area contributed by atoms with Crippen molar-refractivity contribution < 1.29 is 51.6 Å². The molecule has 4 heterocycles. The SMILES string of the molecule is Cc1cc(-c2[c-]c(Oc3[c-]c4c(cc3)c3ccc(Oc5[c-]c(-c6cc(C)c(-c7ccc(CC(C)C)cc7)cn6)ccc5)[c-]c3n4-c3ncccn3)ccc2)ncc1-c1ccc(CC(C)C)cc1.[Pt+2].[Pt+2]. The van der Waals surface area contributed by atoms with Crippen LogP contribution < -0.4 is 9.47 Å². The molecule has 0 radical (unpaired) electrons. The molecule has 0 aliphatic heterocycles. The van der Waals surface area contributed by atoms with Crippen molar-refractivity contribution in [3.63, 3.8) is 0 Å². The van der Waals surface area contributed by atoms with E-state index in [2.05, 4.69) is 136 Å². The normalized spacial score (nSPS) is 11.2. The largest absolute Gasteiger partial charge is 2.00 e. The maximum atomic E-state index is 6.46. The molecule has 0 aliphatic carbocycles. The van der Waals surface area contributed by atoms with E-state index in [-0.39, 0.29) is 42.1 Å². The van der Waals surface area contributed by atoms with Crippen molar-refractivity contribution in [3.05, 3.63) is 199 Å². The Morgan fingerprint density at radius 1 is 0.478 bits per heavy atom. The minimum Gasteiger partial charge on any atom is -0.503 e. The number of hydrogen-bond acceptors (Lipinski definition) is 6. The molecule has 0 unspecified atom stereocenters. The molecule has 0 atom stereocenters. The molecule has 346 valence electrons. The molecule has 10 aromatic rings. The molecule has 0 amide bonds. The smallest absolute Gasteiger partial charge is 0.503 e. The summed E-state index contributed by atoms with van der Waals surface area (Å²) in [6.45, 7) is 13.2. The van der Waals surface area contributed by atoms with Crippen LogP contribution in [0.2, 0.25) is 0 Å². The van der Waals surface area contributed by atoms with E-state index in [9.17, 15) is 0 Å². The maximum absolute atomic E-state index is 6.46. The van der Waals surface area contributed by atoms with Crippen molar-refractivity contribution in [1.29, 1.82) is 0 Å². The van der Waals surface area contributed by atoms with Gasteiger partial charge in [-0.2, -0.15) is 22.9 Å². The molecule has 9 heteroatoms.